The molecule has 94 valence electrons. The van der Waals surface area contributed by atoms with Crippen LogP contribution in [0.3, 0.4) is 0 Å². The summed E-state index contributed by atoms with van der Waals surface area (Å²) in [6.07, 6.45) is 0.167. The summed E-state index contributed by atoms with van der Waals surface area (Å²) in [5.74, 6) is -0.408. The van der Waals surface area contributed by atoms with Crippen LogP contribution in [-0.4, -0.2) is 29.3 Å². The number of nitrogens with two attached hydrogens (primary N) is 1. The summed E-state index contributed by atoms with van der Waals surface area (Å²) in [5.41, 5.74) is 7.46. The van der Waals surface area contributed by atoms with Gasteiger partial charge in [0, 0.05) is 12.0 Å². The zero-order valence-corrected chi connectivity index (χ0v) is 10.2. The molecule has 0 radical (unpaired) electrons. The predicted molar refractivity (Wildman–Crippen MR) is 63.4 cm³/mol. The van der Waals surface area contributed by atoms with E-state index in [2.05, 4.69) is 0 Å². The molecule has 0 aliphatic carbocycles. The number of aromatic hydroxyl groups is 1. The van der Waals surface area contributed by atoms with Crippen molar-refractivity contribution in [2.24, 2.45) is 5.73 Å². The minimum atomic E-state index is -1.06. The van der Waals surface area contributed by atoms with E-state index in [0.717, 1.165) is 0 Å². The lowest BCUT2D eigenvalue weighted by Crippen LogP contribution is -2.32. The summed E-state index contributed by atoms with van der Waals surface area (Å²) in [6.45, 7) is 3.47. The highest BCUT2D eigenvalue weighted by Crippen LogP contribution is 2.34. The number of aliphatic carboxylic acids is 1. The number of rotatable bonds is 4. The number of phenolic OH excluding ortho intramolecular Hbond substituents is 1. The molecule has 0 spiro atoms. The lowest BCUT2D eigenvalue weighted by atomic mass is 9.99. The highest BCUT2D eigenvalue weighted by Gasteiger charge is 2.18. The Morgan fingerprint density at radius 1 is 1.53 bits per heavy atom. The van der Waals surface area contributed by atoms with Crippen molar-refractivity contribution in [3.8, 4) is 11.5 Å². The van der Waals surface area contributed by atoms with Crippen LogP contribution in [0.4, 0.5) is 0 Å². The first-order chi connectivity index (χ1) is 7.88. The van der Waals surface area contributed by atoms with E-state index >= 15 is 0 Å². The summed E-state index contributed by atoms with van der Waals surface area (Å²) < 4.78 is 5.18. The maximum Gasteiger partial charge on any atom is 0.320 e. The Labute approximate surface area is 99.8 Å². The van der Waals surface area contributed by atoms with E-state index in [1.807, 2.05) is 0 Å². The van der Waals surface area contributed by atoms with Gasteiger partial charge in [-0.2, -0.15) is 0 Å². The summed E-state index contributed by atoms with van der Waals surface area (Å²) >= 11 is 0. The lowest BCUT2D eigenvalue weighted by Gasteiger charge is -2.16. The van der Waals surface area contributed by atoms with Gasteiger partial charge < -0.3 is 20.7 Å². The molecule has 0 aliphatic rings. The molecular weight excluding hydrogens is 222 g/mol. The number of hydrogen-bond acceptors (Lipinski definition) is 4. The summed E-state index contributed by atoms with van der Waals surface area (Å²) in [6, 6.07) is 0.719. The third-order valence-electron chi connectivity index (χ3n) is 2.71. The average molecular weight is 239 g/mol. The molecule has 0 aromatic heterocycles. The van der Waals surface area contributed by atoms with Gasteiger partial charge in [-0.3, -0.25) is 4.79 Å². The third-order valence-corrected chi connectivity index (χ3v) is 2.71. The normalized spacial score (nSPS) is 12.2. The highest BCUT2D eigenvalue weighted by atomic mass is 16.5. The first-order valence-electron chi connectivity index (χ1n) is 5.22. The molecule has 0 bridgehead atoms. The van der Waals surface area contributed by atoms with Crippen molar-refractivity contribution in [1.82, 2.24) is 0 Å². The van der Waals surface area contributed by atoms with Gasteiger partial charge in [0.1, 0.15) is 17.5 Å². The van der Waals surface area contributed by atoms with Gasteiger partial charge in [0.2, 0.25) is 0 Å². The van der Waals surface area contributed by atoms with Crippen molar-refractivity contribution in [2.45, 2.75) is 26.3 Å². The smallest absolute Gasteiger partial charge is 0.320 e. The minimum Gasteiger partial charge on any atom is -0.507 e. The SMILES string of the molecule is COc1c(CC(N)C(=O)O)cc(C)c(O)c1C. The molecule has 0 saturated carbocycles. The van der Waals surface area contributed by atoms with Gasteiger partial charge in [-0.15, -0.1) is 0 Å². The first-order valence-corrected chi connectivity index (χ1v) is 5.22. The Bertz CT molecular complexity index is 443. The molecule has 0 saturated heterocycles. The van der Waals surface area contributed by atoms with Crippen LogP contribution >= 0.6 is 0 Å². The van der Waals surface area contributed by atoms with E-state index in [0.29, 0.717) is 22.4 Å². The second-order valence-electron chi connectivity index (χ2n) is 4.01. The van der Waals surface area contributed by atoms with Crippen molar-refractivity contribution >= 4 is 5.97 Å². The maximum atomic E-state index is 10.7. The quantitative estimate of drug-likeness (QED) is 0.728. The van der Waals surface area contributed by atoms with Crippen LogP contribution in [0.5, 0.6) is 11.5 Å². The Morgan fingerprint density at radius 3 is 2.59 bits per heavy atom. The fraction of sp³-hybridized carbons (Fsp3) is 0.417. The Hall–Kier alpha value is -1.75. The van der Waals surface area contributed by atoms with Gasteiger partial charge in [-0.1, -0.05) is 0 Å². The van der Waals surface area contributed by atoms with Crippen molar-refractivity contribution in [1.29, 1.82) is 0 Å². The van der Waals surface area contributed by atoms with Gasteiger partial charge >= 0.3 is 5.97 Å². The van der Waals surface area contributed by atoms with Crippen LogP contribution in [0.25, 0.3) is 0 Å². The van der Waals surface area contributed by atoms with Crippen LogP contribution in [0.1, 0.15) is 16.7 Å². The van der Waals surface area contributed by atoms with Gasteiger partial charge in [-0.25, -0.2) is 0 Å². The molecule has 1 aromatic rings. The Kier molecular flexibility index (Phi) is 3.96. The van der Waals surface area contributed by atoms with E-state index in [4.69, 9.17) is 15.6 Å². The monoisotopic (exact) mass is 239 g/mol. The van der Waals surface area contributed by atoms with Gasteiger partial charge in [0.25, 0.3) is 0 Å². The Balaban J connectivity index is 3.19. The van der Waals surface area contributed by atoms with Crippen LogP contribution in [-0.2, 0) is 11.2 Å². The first kappa shape index (κ1) is 13.3. The topological polar surface area (TPSA) is 92.8 Å². The summed E-state index contributed by atoms with van der Waals surface area (Å²) in [7, 11) is 1.48. The van der Waals surface area contributed by atoms with Crippen LogP contribution in [0.15, 0.2) is 6.07 Å². The van der Waals surface area contributed by atoms with E-state index in [1.165, 1.54) is 7.11 Å². The number of carboxylic acids is 1. The van der Waals surface area contributed by atoms with E-state index in [9.17, 15) is 9.90 Å². The zero-order chi connectivity index (χ0) is 13.2. The second kappa shape index (κ2) is 5.05. The van der Waals surface area contributed by atoms with Gasteiger partial charge in [0.05, 0.1) is 7.11 Å². The van der Waals surface area contributed by atoms with Gasteiger partial charge in [-0.05, 0) is 31.0 Å². The largest absolute Gasteiger partial charge is 0.507 e. The number of benzene rings is 1. The van der Waals surface area contributed by atoms with Crippen LogP contribution in [0.2, 0.25) is 0 Å². The van der Waals surface area contributed by atoms with E-state index < -0.39 is 12.0 Å². The summed E-state index contributed by atoms with van der Waals surface area (Å²) in [5, 5.41) is 18.5. The fourth-order valence-electron chi connectivity index (χ4n) is 1.80. The fourth-order valence-corrected chi connectivity index (χ4v) is 1.80. The number of methoxy groups -OCH3 is 1. The maximum absolute atomic E-state index is 10.7. The van der Waals surface area contributed by atoms with Crippen molar-refractivity contribution in [3.05, 3.63) is 22.8 Å². The molecule has 0 amide bonds. The molecule has 0 heterocycles. The second-order valence-corrected chi connectivity index (χ2v) is 4.01. The number of aryl methyl sites for hydroxylation is 1. The molecular formula is C12H17NO4. The number of carbonyl (C=O) groups is 1. The van der Waals surface area contributed by atoms with Crippen molar-refractivity contribution in [3.63, 3.8) is 0 Å². The van der Waals surface area contributed by atoms with Gasteiger partial charge in [0.15, 0.2) is 0 Å². The minimum absolute atomic E-state index is 0.162. The lowest BCUT2D eigenvalue weighted by molar-refractivity contribution is -0.138. The number of ether oxygens (including phenoxy) is 1. The molecule has 17 heavy (non-hydrogen) atoms. The number of phenols is 1. The molecule has 4 N–H and O–H groups in total. The summed E-state index contributed by atoms with van der Waals surface area (Å²) in [4.78, 5) is 10.7. The average Bonchev–Trinajstić information content (AvgIpc) is 2.26. The molecule has 1 rings (SSSR count). The Morgan fingerprint density at radius 2 is 2.12 bits per heavy atom. The zero-order valence-electron chi connectivity index (χ0n) is 10.2. The molecule has 1 unspecified atom stereocenters. The molecule has 0 fully saturated rings. The molecule has 1 atom stereocenters. The van der Waals surface area contributed by atoms with Crippen LogP contribution in [0, 0.1) is 13.8 Å². The van der Waals surface area contributed by atoms with E-state index in [-0.39, 0.29) is 12.2 Å². The number of hydrogen-bond donors (Lipinski definition) is 3. The molecule has 5 heteroatoms. The highest BCUT2D eigenvalue weighted by molar-refractivity contribution is 5.74. The molecule has 5 nitrogen and oxygen atoms in total. The van der Waals surface area contributed by atoms with Crippen molar-refractivity contribution < 1.29 is 19.7 Å². The molecule has 1 aromatic carbocycles. The molecule has 0 aliphatic heterocycles. The van der Waals surface area contributed by atoms with Crippen molar-refractivity contribution in [2.75, 3.05) is 7.11 Å². The number of carboxylic acid groups (broad SMARTS) is 1. The van der Waals surface area contributed by atoms with Crippen LogP contribution < -0.4 is 10.5 Å². The standard InChI is InChI=1S/C12H17NO4/c1-6-4-8(5-9(13)12(15)16)11(17-3)7(2)10(6)14/h4,9,14H,5,13H2,1-3H3,(H,15,16). The van der Waals surface area contributed by atoms with E-state index in [1.54, 1.807) is 19.9 Å². The third kappa shape index (κ3) is 2.68. The predicted octanol–water partition coefficient (Wildman–Crippen LogP) is 0.972.